The Morgan fingerprint density at radius 2 is 1.81 bits per heavy atom. The van der Waals surface area contributed by atoms with Gasteiger partial charge < -0.3 is 10.4 Å². The molecule has 0 aliphatic heterocycles. The Labute approximate surface area is 133 Å². The van der Waals surface area contributed by atoms with Crippen molar-refractivity contribution < 1.29 is 14.7 Å². The van der Waals surface area contributed by atoms with Gasteiger partial charge in [0.25, 0.3) is 0 Å². The minimum absolute atomic E-state index is 0.0548. The Bertz CT molecular complexity index is 581. The summed E-state index contributed by atoms with van der Waals surface area (Å²) in [6.07, 6.45) is 4.37. The number of anilines is 1. The predicted octanol–water partition coefficient (Wildman–Crippen LogP) is 4.60. The Morgan fingerprint density at radius 3 is 2.33 bits per heavy atom. The predicted molar refractivity (Wildman–Crippen MR) is 83.2 cm³/mol. The first-order valence-corrected chi connectivity index (χ1v) is 7.69. The number of carboxylic acid groups (broad SMARTS) is 1. The lowest BCUT2D eigenvalue weighted by molar-refractivity contribution is -0.125. The molecule has 0 saturated heterocycles. The Hall–Kier alpha value is -1.26. The van der Waals surface area contributed by atoms with Gasteiger partial charge in [-0.3, -0.25) is 4.79 Å². The smallest absolute Gasteiger partial charge is 0.339 e. The van der Waals surface area contributed by atoms with E-state index in [4.69, 9.17) is 23.2 Å². The van der Waals surface area contributed by atoms with E-state index in [1.807, 2.05) is 6.92 Å². The number of hydrogen-bond acceptors (Lipinski definition) is 2. The molecule has 0 aromatic heterocycles. The van der Waals surface area contributed by atoms with E-state index in [1.54, 1.807) is 0 Å². The number of carbonyl (C=O) groups excluding carboxylic acids is 1. The molecule has 1 aliphatic rings. The second-order valence-corrected chi connectivity index (χ2v) is 6.19. The molecule has 4 nitrogen and oxygen atoms in total. The number of nitrogens with one attached hydrogen (secondary N) is 1. The molecule has 1 aromatic carbocycles. The average molecular weight is 330 g/mol. The molecule has 1 fully saturated rings. The number of rotatable bonds is 4. The van der Waals surface area contributed by atoms with Gasteiger partial charge in [-0.25, -0.2) is 4.79 Å². The molecule has 0 unspecified atom stereocenters. The average Bonchev–Trinajstić information content (AvgIpc) is 2.92. The molecule has 0 radical (unpaired) electrons. The summed E-state index contributed by atoms with van der Waals surface area (Å²) in [6, 6.07) is 2.90. The van der Waals surface area contributed by atoms with Crippen molar-refractivity contribution in [1.82, 2.24) is 0 Å². The van der Waals surface area contributed by atoms with Crippen LogP contribution in [0, 0.1) is 5.41 Å². The second kappa shape index (κ2) is 6.24. The van der Waals surface area contributed by atoms with Crippen LogP contribution in [0.5, 0.6) is 0 Å². The van der Waals surface area contributed by atoms with Gasteiger partial charge in [0.2, 0.25) is 5.91 Å². The summed E-state index contributed by atoms with van der Waals surface area (Å²) in [7, 11) is 0. The molecule has 21 heavy (non-hydrogen) atoms. The van der Waals surface area contributed by atoms with Crippen molar-refractivity contribution in [3.8, 4) is 0 Å². The van der Waals surface area contributed by atoms with E-state index in [-0.39, 0.29) is 27.2 Å². The van der Waals surface area contributed by atoms with E-state index in [0.717, 1.165) is 32.1 Å². The van der Waals surface area contributed by atoms with Gasteiger partial charge in [-0.05, 0) is 31.4 Å². The molecule has 114 valence electrons. The number of carboxylic acids is 1. The third-order valence-corrected chi connectivity index (χ3v) is 4.91. The number of amides is 1. The first kappa shape index (κ1) is 16.1. The van der Waals surface area contributed by atoms with Crippen molar-refractivity contribution >= 4 is 40.8 Å². The first-order valence-electron chi connectivity index (χ1n) is 6.94. The maximum Gasteiger partial charge on any atom is 0.339 e. The van der Waals surface area contributed by atoms with E-state index in [2.05, 4.69) is 5.32 Å². The van der Waals surface area contributed by atoms with Crippen LogP contribution >= 0.6 is 23.2 Å². The maximum absolute atomic E-state index is 12.6. The van der Waals surface area contributed by atoms with Crippen LogP contribution in [0.15, 0.2) is 12.1 Å². The van der Waals surface area contributed by atoms with E-state index in [9.17, 15) is 14.7 Å². The summed E-state index contributed by atoms with van der Waals surface area (Å²) < 4.78 is 0. The highest BCUT2D eigenvalue weighted by molar-refractivity contribution is 6.38. The first-order chi connectivity index (χ1) is 9.91. The molecule has 0 atom stereocenters. The Balaban J connectivity index is 2.37. The zero-order valence-corrected chi connectivity index (χ0v) is 13.2. The van der Waals surface area contributed by atoms with Crippen LogP contribution in [0.3, 0.4) is 0 Å². The Kier molecular flexibility index (Phi) is 4.79. The molecule has 1 aromatic rings. The third kappa shape index (κ3) is 3.01. The zero-order chi connectivity index (χ0) is 15.6. The highest BCUT2D eigenvalue weighted by atomic mass is 35.5. The highest BCUT2D eigenvalue weighted by Crippen LogP contribution is 2.43. The van der Waals surface area contributed by atoms with Gasteiger partial charge in [0.1, 0.15) is 5.56 Å². The van der Waals surface area contributed by atoms with Crippen LogP contribution in [0.25, 0.3) is 0 Å². The van der Waals surface area contributed by atoms with Crippen LogP contribution in [-0.4, -0.2) is 17.0 Å². The van der Waals surface area contributed by atoms with Crippen molar-refractivity contribution in [2.45, 2.75) is 39.0 Å². The lowest BCUT2D eigenvalue weighted by atomic mass is 9.82. The van der Waals surface area contributed by atoms with Gasteiger partial charge in [-0.1, -0.05) is 43.0 Å². The topological polar surface area (TPSA) is 66.4 Å². The summed E-state index contributed by atoms with van der Waals surface area (Å²) in [5, 5.41) is 12.2. The van der Waals surface area contributed by atoms with Crippen molar-refractivity contribution in [3.63, 3.8) is 0 Å². The summed E-state index contributed by atoms with van der Waals surface area (Å²) in [5.74, 6) is -1.39. The second-order valence-electron chi connectivity index (χ2n) is 5.38. The number of carbonyl (C=O) groups is 2. The van der Waals surface area contributed by atoms with Gasteiger partial charge in [0.15, 0.2) is 0 Å². The van der Waals surface area contributed by atoms with Gasteiger partial charge in [0, 0.05) is 5.41 Å². The summed E-state index contributed by atoms with van der Waals surface area (Å²) in [4.78, 5) is 24.0. The molecule has 0 bridgehead atoms. The molecule has 1 aliphatic carbocycles. The SMILES string of the molecule is CCC1(C(=O)Nc2c(Cl)ccc(Cl)c2C(=O)O)CCCC1. The highest BCUT2D eigenvalue weighted by Gasteiger charge is 2.40. The molecule has 2 N–H and O–H groups in total. The molecule has 1 saturated carbocycles. The number of aromatic carboxylic acids is 1. The van der Waals surface area contributed by atoms with Crippen molar-refractivity contribution in [3.05, 3.63) is 27.7 Å². The largest absolute Gasteiger partial charge is 0.478 e. The molecule has 6 heteroatoms. The molecule has 0 spiro atoms. The van der Waals surface area contributed by atoms with E-state index in [0.29, 0.717) is 0 Å². The van der Waals surface area contributed by atoms with Crippen LogP contribution in [0.1, 0.15) is 49.4 Å². The van der Waals surface area contributed by atoms with Crippen molar-refractivity contribution in [2.24, 2.45) is 5.41 Å². The lowest BCUT2D eigenvalue weighted by Gasteiger charge is -2.26. The van der Waals surface area contributed by atoms with E-state index >= 15 is 0 Å². The quantitative estimate of drug-likeness (QED) is 0.848. The van der Waals surface area contributed by atoms with Gasteiger partial charge >= 0.3 is 5.97 Å². The monoisotopic (exact) mass is 329 g/mol. The fourth-order valence-corrected chi connectivity index (χ4v) is 3.37. The number of benzene rings is 1. The standard InChI is InChI=1S/C15H17Cl2NO3/c1-2-15(7-3-4-8-15)14(21)18-12-10(17)6-5-9(16)11(12)13(19)20/h5-6H,2-4,7-8H2,1H3,(H,18,21)(H,19,20). The maximum atomic E-state index is 12.6. The van der Waals surface area contributed by atoms with Gasteiger partial charge in [-0.2, -0.15) is 0 Å². The summed E-state index contributed by atoms with van der Waals surface area (Å²) in [5.41, 5.74) is -0.510. The van der Waals surface area contributed by atoms with Gasteiger partial charge in [-0.15, -0.1) is 0 Å². The molecular weight excluding hydrogens is 313 g/mol. The lowest BCUT2D eigenvalue weighted by Crippen LogP contribution is -2.33. The fourth-order valence-electron chi connectivity index (χ4n) is 2.92. The molecule has 0 heterocycles. The molecule has 2 rings (SSSR count). The van der Waals surface area contributed by atoms with Gasteiger partial charge in [0.05, 0.1) is 15.7 Å². The fraction of sp³-hybridized carbons (Fsp3) is 0.467. The molecule has 1 amide bonds. The van der Waals surface area contributed by atoms with Crippen LogP contribution in [0.2, 0.25) is 10.0 Å². The van der Waals surface area contributed by atoms with Crippen LogP contribution in [0.4, 0.5) is 5.69 Å². The summed E-state index contributed by atoms with van der Waals surface area (Å²) >= 11 is 12.0. The van der Waals surface area contributed by atoms with E-state index < -0.39 is 11.4 Å². The van der Waals surface area contributed by atoms with Crippen LogP contribution < -0.4 is 5.32 Å². The number of halogens is 2. The Morgan fingerprint density at radius 1 is 1.24 bits per heavy atom. The molecular formula is C15H17Cl2NO3. The summed E-state index contributed by atoms with van der Waals surface area (Å²) in [6.45, 7) is 1.97. The minimum atomic E-state index is -1.21. The third-order valence-electron chi connectivity index (χ3n) is 4.28. The van der Waals surface area contributed by atoms with Crippen LogP contribution in [-0.2, 0) is 4.79 Å². The van der Waals surface area contributed by atoms with Crippen molar-refractivity contribution in [2.75, 3.05) is 5.32 Å². The zero-order valence-electron chi connectivity index (χ0n) is 11.7. The normalized spacial score (nSPS) is 16.7. The van der Waals surface area contributed by atoms with E-state index in [1.165, 1.54) is 12.1 Å². The van der Waals surface area contributed by atoms with Crippen molar-refractivity contribution in [1.29, 1.82) is 0 Å². The minimum Gasteiger partial charge on any atom is -0.478 e. The number of hydrogen-bond donors (Lipinski definition) is 2.